The molecular weight excluding hydrogens is 597 g/mol. The Bertz CT molecular complexity index is 1520. The zero-order chi connectivity index (χ0) is 31.2. The summed E-state index contributed by atoms with van der Waals surface area (Å²) in [5.41, 5.74) is 1.02. The van der Waals surface area contributed by atoms with Crippen molar-refractivity contribution >= 4 is 50.7 Å². The van der Waals surface area contributed by atoms with Gasteiger partial charge in [-0.05, 0) is 76.1 Å². The van der Waals surface area contributed by atoms with E-state index in [-0.39, 0.29) is 40.2 Å². The van der Waals surface area contributed by atoms with Crippen molar-refractivity contribution < 1.29 is 22.7 Å². The standard InChI is InChI=1S/C31H37Cl2N3O5S/c1-7-26(30(38)34-31(3,4)5)35(19-22-10-8-9-11-25(22)33)29(37)20-36(27-18-23(32)14-17-28(27)41-6)42(39,40)24-15-12-21(2)13-16-24/h8-18,26H,7,19-20H2,1-6H3,(H,34,38)/t26-/m1/s1. The van der Waals surface area contributed by atoms with Crippen molar-refractivity contribution in [2.75, 3.05) is 18.0 Å². The van der Waals surface area contributed by atoms with E-state index < -0.39 is 34.1 Å². The molecule has 8 nitrogen and oxygen atoms in total. The number of anilines is 1. The molecule has 0 bridgehead atoms. The van der Waals surface area contributed by atoms with E-state index in [1.165, 1.54) is 36.3 Å². The highest BCUT2D eigenvalue weighted by atomic mass is 35.5. The molecule has 0 fully saturated rings. The van der Waals surface area contributed by atoms with E-state index >= 15 is 0 Å². The monoisotopic (exact) mass is 633 g/mol. The number of carbonyl (C=O) groups excluding carboxylic acids is 2. The Morgan fingerprint density at radius 2 is 1.64 bits per heavy atom. The molecule has 0 aliphatic heterocycles. The van der Waals surface area contributed by atoms with Gasteiger partial charge in [-0.1, -0.05) is 66.0 Å². The zero-order valence-electron chi connectivity index (χ0n) is 24.6. The van der Waals surface area contributed by atoms with Gasteiger partial charge in [0.2, 0.25) is 11.8 Å². The molecular formula is C31H37Cl2N3O5S. The second-order valence-corrected chi connectivity index (χ2v) is 13.6. The van der Waals surface area contributed by atoms with Crippen LogP contribution in [0.4, 0.5) is 5.69 Å². The molecule has 0 spiro atoms. The second kappa shape index (κ2) is 13.8. The van der Waals surface area contributed by atoms with Crippen LogP contribution in [0.2, 0.25) is 10.0 Å². The number of rotatable bonds is 11. The van der Waals surface area contributed by atoms with Crippen LogP contribution in [-0.2, 0) is 26.2 Å². The summed E-state index contributed by atoms with van der Waals surface area (Å²) >= 11 is 12.7. The first-order valence-corrected chi connectivity index (χ1v) is 15.7. The van der Waals surface area contributed by atoms with Crippen LogP contribution in [-0.4, -0.2) is 50.4 Å². The number of nitrogens with zero attached hydrogens (tertiary/aromatic N) is 2. The van der Waals surface area contributed by atoms with E-state index in [1.807, 2.05) is 27.7 Å². The highest BCUT2D eigenvalue weighted by Gasteiger charge is 2.35. The molecule has 0 unspecified atom stereocenters. The summed E-state index contributed by atoms with van der Waals surface area (Å²) in [4.78, 5) is 29.1. The Hall–Kier alpha value is -3.27. The Kier molecular flexibility index (Phi) is 10.9. The molecule has 0 aliphatic carbocycles. The van der Waals surface area contributed by atoms with Crippen LogP contribution in [0.1, 0.15) is 45.2 Å². The van der Waals surface area contributed by atoms with Crippen molar-refractivity contribution in [3.63, 3.8) is 0 Å². The lowest BCUT2D eigenvalue weighted by atomic mass is 10.1. The molecule has 2 amide bonds. The minimum atomic E-state index is -4.29. The predicted octanol–water partition coefficient (Wildman–Crippen LogP) is 6.23. The third-order valence-corrected chi connectivity index (χ3v) is 8.86. The van der Waals surface area contributed by atoms with E-state index in [4.69, 9.17) is 27.9 Å². The Morgan fingerprint density at radius 3 is 2.21 bits per heavy atom. The van der Waals surface area contributed by atoms with E-state index in [0.717, 1.165) is 9.87 Å². The lowest BCUT2D eigenvalue weighted by molar-refractivity contribution is -0.141. The third-order valence-electron chi connectivity index (χ3n) is 6.48. The van der Waals surface area contributed by atoms with Crippen molar-refractivity contribution in [2.24, 2.45) is 0 Å². The molecule has 1 N–H and O–H groups in total. The summed E-state index contributed by atoms with van der Waals surface area (Å²) < 4.78 is 34.7. The highest BCUT2D eigenvalue weighted by Crippen LogP contribution is 2.35. The summed E-state index contributed by atoms with van der Waals surface area (Å²) in [5.74, 6) is -0.764. The predicted molar refractivity (Wildman–Crippen MR) is 168 cm³/mol. The largest absolute Gasteiger partial charge is 0.495 e. The summed E-state index contributed by atoms with van der Waals surface area (Å²) in [5, 5.41) is 3.62. The maximum absolute atomic E-state index is 14.3. The van der Waals surface area contributed by atoms with E-state index in [1.54, 1.807) is 49.4 Å². The van der Waals surface area contributed by atoms with Gasteiger partial charge in [-0.2, -0.15) is 0 Å². The van der Waals surface area contributed by atoms with E-state index in [2.05, 4.69) is 5.32 Å². The molecule has 1 atom stereocenters. The van der Waals surface area contributed by atoms with E-state index in [9.17, 15) is 18.0 Å². The number of aryl methyl sites for hydroxylation is 1. The minimum Gasteiger partial charge on any atom is -0.495 e. The summed E-state index contributed by atoms with van der Waals surface area (Å²) in [6, 6.07) is 16.9. The number of hydrogen-bond acceptors (Lipinski definition) is 5. The summed E-state index contributed by atoms with van der Waals surface area (Å²) in [6.45, 7) is 8.53. The number of methoxy groups -OCH3 is 1. The lowest BCUT2D eigenvalue weighted by Gasteiger charge is -2.35. The quantitative estimate of drug-likeness (QED) is 0.270. The fourth-order valence-electron chi connectivity index (χ4n) is 4.39. The highest BCUT2D eigenvalue weighted by molar-refractivity contribution is 7.92. The fourth-order valence-corrected chi connectivity index (χ4v) is 6.17. The minimum absolute atomic E-state index is 0.0142. The SMILES string of the molecule is CC[C@H](C(=O)NC(C)(C)C)N(Cc1ccccc1Cl)C(=O)CN(c1cc(Cl)ccc1OC)S(=O)(=O)c1ccc(C)cc1. The van der Waals surface area contributed by atoms with Gasteiger partial charge in [0.05, 0.1) is 17.7 Å². The number of ether oxygens (including phenoxy) is 1. The number of halogens is 2. The molecule has 0 aromatic heterocycles. The number of benzene rings is 3. The first kappa shape index (κ1) is 33.2. The van der Waals surface area contributed by atoms with Crippen molar-refractivity contribution in [1.82, 2.24) is 10.2 Å². The van der Waals surface area contributed by atoms with Crippen LogP contribution in [0.25, 0.3) is 0 Å². The molecule has 0 radical (unpaired) electrons. The Balaban J connectivity index is 2.15. The van der Waals surface area contributed by atoms with E-state index in [0.29, 0.717) is 10.6 Å². The normalized spacial score (nSPS) is 12.4. The Morgan fingerprint density at radius 1 is 1.00 bits per heavy atom. The van der Waals surface area contributed by atoms with Crippen LogP contribution in [0, 0.1) is 6.92 Å². The number of nitrogens with one attached hydrogen (secondary N) is 1. The topological polar surface area (TPSA) is 96.0 Å². The first-order valence-electron chi connectivity index (χ1n) is 13.5. The second-order valence-electron chi connectivity index (χ2n) is 10.9. The smallest absolute Gasteiger partial charge is 0.264 e. The average Bonchev–Trinajstić information content (AvgIpc) is 2.91. The van der Waals surface area contributed by atoms with Crippen LogP contribution in [0.5, 0.6) is 5.75 Å². The van der Waals surface area contributed by atoms with Gasteiger partial charge in [-0.25, -0.2) is 8.42 Å². The molecule has 3 rings (SSSR count). The van der Waals surface area contributed by atoms with Gasteiger partial charge in [-0.15, -0.1) is 0 Å². The number of hydrogen-bond donors (Lipinski definition) is 1. The van der Waals surface area contributed by atoms with Crippen LogP contribution >= 0.6 is 23.2 Å². The molecule has 3 aromatic rings. The maximum Gasteiger partial charge on any atom is 0.264 e. The molecule has 226 valence electrons. The molecule has 42 heavy (non-hydrogen) atoms. The van der Waals surface area contributed by atoms with Crippen LogP contribution in [0.3, 0.4) is 0 Å². The van der Waals surface area contributed by atoms with Crippen molar-refractivity contribution in [2.45, 2.75) is 64.1 Å². The molecule has 0 aliphatic rings. The zero-order valence-corrected chi connectivity index (χ0v) is 27.0. The first-order chi connectivity index (χ1) is 19.7. The number of carbonyl (C=O) groups is 2. The Labute approximate surface area is 258 Å². The van der Waals surface area contributed by atoms with Gasteiger partial charge < -0.3 is 15.0 Å². The maximum atomic E-state index is 14.3. The third kappa shape index (κ3) is 8.18. The number of amides is 2. The average molecular weight is 635 g/mol. The number of sulfonamides is 1. The summed E-state index contributed by atoms with van der Waals surface area (Å²) in [7, 11) is -2.89. The van der Waals surface area contributed by atoms with Crippen molar-refractivity contribution in [3.05, 3.63) is 87.9 Å². The molecule has 11 heteroatoms. The molecule has 0 saturated carbocycles. The van der Waals surface area contributed by atoms with Gasteiger partial charge in [0.25, 0.3) is 10.0 Å². The van der Waals surface area contributed by atoms with Gasteiger partial charge in [0.1, 0.15) is 18.3 Å². The molecule has 3 aromatic carbocycles. The van der Waals surface area contributed by atoms with Crippen molar-refractivity contribution in [3.8, 4) is 5.75 Å². The van der Waals surface area contributed by atoms with Gasteiger partial charge in [-0.3, -0.25) is 13.9 Å². The van der Waals surface area contributed by atoms with Crippen LogP contribution in [0.15, 0.2) is 71.6 Å². The van der Waals surface area contributed by atoms with Gasteiger partial charge in [0.15, 0.2) is 0 Å². The van der Waals surface area contributed by atoms with Crippen LogP contribution < -0.4 is 14.4 Å². The van der Waals surface area contributed by atoms with Gasteiger partial charge >= 0.3 is 0 Å². The molecule has 0 heterocycles. The van der Waals surface area contributed by atoms with Gasteiger partial charge in [0, 0.05) is 22.1 Å². The fraction of sp³-hybridized carbons (Fsp3) is 0.355. The van der Waals surface area contributed by atoms with Crippen molar-refractivity contribution in [1.29, 1.82) is 0 Å². The lowest BCUT2D eigenvalue weighted by Crippen LogP contribution is -2.55. The summed E-state index contributed by atoms with van der Waals surface area (Å²) in [6.07, 6.45) is 0.281. The molecule has 0 saturated heterocycles.